The van der Waals surface area contributed by atoms with Gasteiger partial charge in [-0.2, -0.15) is 4.31 Å². The lowest BCUT2D eigenvalue weighted by molar-refractivity contribution is -0.385. The summed E-state index contributed by atoms with van der Waals surface area (Å²) in [5.41, 5.74) is 0.911. The number of non-ortho nitro benzene ring substituents is 1. The van der Waals surface area contributed by atoms with E-state index in [1.54, 1.807) is 30.2 Å². The van der Waals surface area contributed by atoms with Crippen molar-refractivity contribution < 1.29 is 22.6 Å². The highest BCUT2D eigenvalue weighted by Crippen LogP contribution is 2.30. The first-order valence-corrected chi connectivity index (χ1v) is 12.4. The van der Waals surface area contributed by atoms with E-state index in [0.29, 0.717) is 24.2 Å². The first-order valence-electron chi connectivity index (χ1n) is 10.9. The van der Waals surface area contributed by atoms with E-state index in [1.807, 2.05) is 30.3 Å². The molecule has 3 aromatic rings. The average molecular weight is 484 g/mol. The third-order valence-electron chi connectivity index (χ3n) is 6.03. The van der Waals surface area contributed by atoms with Crippen LogP contribution in [-0.4, -0.2) is 36.6 Å². The number of nitro groups is 1. The number of furan rings is 1. The molecule has 178 valence electrons. The summed E-state index contributed by atoms with van der Waals surface area (Å²) in [5.74, 6) is 0.206. The molecule has 0 bridgehead atoms. The molecule has 0 unspecified atom stereocenters. The van der Waals surface area contributed by atoms with Crippen molar-refractivity contribution in [1.82, 2.24) is 4.31 Å². The van der Waals surface area contributed by atoms with E-state index in [4.69, 9.17) is 4.42 Å². The topological polar surface area (TPSA) is 114 Å². The number of sulfonamides is 1. The molecule has 4 rings (SSSR count). The second-order valence-electron chi connectivity index (χ2n) is 8.22. The van der Waals surface area contributed by atoms with E-state index in [1.165, 1.54) is 16.4 Å². The molecule has 2 aromatic carbocycles. The zero-order chi connectivity index (χ0) is 24.3. The van der Waals surface area contributed by atoms with Crippen LogP contribution in [-0.2, 0) is 21.4 Å². The van der Waals surface area contributed by atoms with Crippen LogP contribution in [0.2, 0.25) is 0 Å². The molecule has 1 saturated heterocycles. The molecule has 0 aliphatic carbocycles. The molecule has 0 N–H and O–H groups in total. The maximum Gasteiger partial charge on any atom is 0.270 e. The first-order chi connectivity index (χ1) is 16.3. The predicted molar refractivity (Wildman–Crippen MR) is 126 cm³/mol. The SMILES string of the molecule is Cc1ccc([N+](=O)[O-])cc1S(=O)(=O)N1CCC(C(=O)N(Cc2ccco2)c2ccccc2)CC1. The Morgan fingerprint density at radius 2 is 1.82 bits per heavy atom. The smallest absolute Gasteiger partial charge is 0.270 e. The normalized spacial score (nSPS) is 15.2. The second kappa shape index (κ2) is 9.78. The van der Waals surface area contributed by atoms with E-state index < -0.39 is 14.9 Å². The van der Waals surface area contributed by atoms with Gasteiger partial charge in [-0.3, -0.25) is 14.9 Å². The van der Waals surface area contributed by atoms with Crippen molar-refractivity contribution in [1.29, 1.82) is 0 Å². The highest BCUT2D eigenvalue weighted by molar-refractivity contribution is 7.89. The van der Waals surface area contributed by atoms with Crippen molar-refractivity contribution >= 4 is 27.3 Å². The number of nitro benzene ring substituents is 1. The Morgan fingerprint density at radius 3 is 2.44 bits per heavy atom. The lowest BCUT2D eigenvalue weighted by Crippen LogP contribution is -2.44. The number of carbonyl (C=O) groups is 1. The number of aryl methyl sites for hydroxylation is 1. The van der Waals surface area contributed by atoms with Crippen LogP contribution < -0.4 is 4.90 Å². The van der Waals surface area contributed by atoms with Gasteiger partial charge in [0.05, 0.1) is 22.6 Å². The molecule has 9 nitrogen and oxygen atoms in total. The maximum absolute atomic E-state index is 13.5. The van der Waals surface area contributed by atoms with E-state index in [-0.39, 0.29) is 42.0 Å². The van der Waals surface area contributed by atoms with Crippen LogP contribution in [0.3, 0.4) is 0 Å². The molecule has 0 saturated carbocycles. The van der Waals surface area contributed by atoms with Crippen LogP contribution in [0.1, 0.15) is 24.2 Å². The standard InChI is InChI=1S/C24H25N3O6S/c1-18-9-10-21(27(29)30)16-23(18)34(31,32)25-13-11-19(12-14-25)24(28)26(17-22-8-5-15-33-22)20-6-3-2-4-7-20/h2-10,15-16,19H,11-14,17H2,1H3. The zero-order valence-corrected chi connectivity index (χ0v) is 19.5. The minimum absolute atomic E-state index is 0.0739. The Hall–Kier alpha value is -3.50. The number of para-hydroxylation sites is 1. The van der Waals surface area contributed by atoms with Gasteiger partial charge in [-0.15, -0.1) is 0 Å². The van der Waals surface area contributed by atoms with Crippen LogP contribution >= 0.6 is 0 Å². The van der Waals surface area contributed by atoms with Crippen molar-refractivity contribution in [2.45, 2.75) is 31.2 Å². The fraction of sp³-hybridized carbons (Fsp3) is 0.292. The molecule has 0 radical (unpaired) electrons. The molecule has 34 heavy (non-hydrogen) atoms. The summed E-state index contributed by atoms with van der Waals surface area (Å²) >= 11 is 0. The Kier molecular flexibility index (Phi) is 6.80. The Labute approximate surface area is 197 Å². The van der Waals surface area contributed by atoms with Gasteiger partial charge in [-0.1, -0.05) is 24.3 Å². The van der Waals surface area contributed by atoms with Crippen LogP contribution in [0.5, 0.6) is 0 Å². The summed E-state index contributed by atoms with van der Waals surface area (Å²) in [5, 5.41) is 11.1. The number of nitrogens with zero attached hydrogens (tertiary/aromatic N) is 3. The average Bonchev–Trinajstić information content (AvgIpc) is 3.36. The summed E-state index contributed by atoms with van der Waals surface area (Å²) < 4.78 is 33.2. The van der Waals surface area contributed by atoms with Gasteiger partial charge in [-0.25, -0.2) is 8.42 Å². The zero-order valence-electron chi connectivity index (χ0n) is 18.7. The number of hydrogen-bond donors (Lipinski definition) is 0. The van der Waals surface area contributed by atoms with Crippen molar-refractivity contribution in [3.8, 4) is 0 Å². The minimum Gasteiger partial charge on any atom is -0.467 e. The predicted octanol–water partition coefficient (Wildman–Crippen LogP) is 4.13. The van der Waals surface area contributed by atoms with Gasteiger partial charge in [-0.05, 0) is 49.6 Å². The molecule has 1 amide bonds. The third-order valence-corrected chi connectivity index (χ3v) is 8.07. The molecule has 0 atom stereocenters. The summed E-state index contributed by atoms with van der Waals surface area (Å²) in [6, 6.07) is 16.7. The molecule has 1 aliphatic rings. The summed E-state index contributed by atoms with van der Waals surface area (Å²) in [6.07, 6.45) is 2.27. The largest absolute Gasteiger partial charge is 0.467 e. The third kappa shape index (κ3) is 4.87. The van der Waals surface area contributed by atoms with Gasteiger partial charge in [0.2, 0.25) is 15.9 Å². The van der Waals surface area contributed by atoms with Gasteiger partial charge in [0.15, 0.2) is 0 Å². The van der Waals surface area contributed by atoms with E-state index in [9.17, 15) is 23.3 Å². The van der Waals surface area contributed by atoms with E-state index in [0.717, 1.165) is 11.8 Å². The van der Waals surface area contributed by atoms with Crippen LogP contribution in [0.4, 0.5) is 11.4 Å². The fourth-order valence-corrected chi connectivity index (χ4v) is 5.86. The molecule has 2 heterocycles. The lowest BCUT2D eigenvalue weighted by atomic mass is 9.96. The van der Waals surface area contributed by atoms with Gasteiger partial charge in [0, 0.05) is 36.8 Å². The summed E-state index contributed by atoms with van der Waals surface area (Å²) in [6.45, 7) is 2.20. The van der Waals surface area contributed by atoms with Crippen LogP contribution in [0.25, 0.3) is 0 Å². The molecule has 1 aromatic heterocycles. The van der Waals surface area contributed by atoms with Crippen molar-refractivity contribution in [3.05, 3.63) is 88.4 Å². The fourth-order valence-electron chi connectivity index (χ4n) is 4.15. The highest BCUT2D eigenvalue weighted by atomic mass is 32.2. The number of carbonyl (C=O) groups excluding carboxylic acids is 1. The van der Waals surface area contributed by atoms with Crippen molar-refractivity contribution in [3.63, 3.8) is 0 Å². The van der Waals surface area contributed by atoms with Gasteiger partial charge < -0.3 is 9.32 Å². The minimum atomic E-state index is -3.92. The van der Waals surface area contributed by atoms with E-state index in [2.05, 4.69) is 0 Å². The number of piperidine rings is 1. The Balaban J connectivity index is 1.50. The maximum atomic E-state index is 13.5. The number of amides is 1. The first kappa shape index (κ1) is 23.7. The number of hydrogen-bond acceptors (Lipinski definition) is 6. The molecular formula is C24H25N3O6S. The molecule has 0 spiro atoms. The molecule has 1 fully saturated rings. The van der Waals surface area contributed by atoms with Crippen LogP contribution in [0, 0.1) is 23.0 Å². The quantitative estimate of drug-likeness (QED) is 0.369. The van der Waals surface area contributed by atoms with Crippen LogP contribution in [0.15, 0.2) is 76.2 Å². The summed E-state index contributed by atoms with van der Waals surface area (Å²) in [7, 11) is -3.92. The van der Waals surface area contributed by atoms with Gasteiger partial charge in [0.1, 0.15) is 5.76 Å². The van der Waals surface area contributed by atoms with Gasteiger partial charge >= 0.3 is 0 Å². The molecular weight excluding hydrogens is 458 g/mol. The second-order valence-corrected chi connectivity index (χ2v) is 10.1. The van der Waals surface area contributed by atoms with Crippen molar-refractivity contribution in [2.24, 2.45) is 5.92 Å². The molecule has 10 heteroatoms. The Bertz CT molecular complexity index is 1270. The highest BCUT2D eigenvalue weighted by Gasteiger charge is 2.35. The monoisotopic (exact) mass is 483 g/mol. The number of rotatable bonds is 7. The van der Waals surface area contributed by atoms with E-state index >= 15 is 0 Å². The molecule has 1 aliphatic heterocycles. The Morgan fingerprint density at radius 1 is 1.12 bits per heavy atom. The van der Waals surface area contributed by atoms with Gasteiger partial charge in [0.25, 0.3) is 5.69 Å². The lowest BCUT2D eigenvalue weighted by Gasteiger charge is -2.33. The van der Waals surface area contributed by atoms with Crippen molar-refractivity contribution in [2.75, 3.05) is 18.0 Å². The number of benzene rings is 2. The summed E-state index contributed by atoms with van der Waals surface area (Å²) in [4.78, 5) is 25.6. The number of anilines is 1.